The molecule has 1 aliphatic heterocycles. The molecule has 20 heavy (non-hydrogen) atoms. The summed E-state index contributed by atoms with van der Waals surface area (Å²) in [5.74, 6) is 5.57. The van der Waals surface area contributed by atoms with Gasteiger partial charge in [-0.1, -0.05) is 11.6 Å². The molecular formula is C13H20ClN5O. The number of pyridine rings is 1. The number of hydrogen-bond acceptors (Lipinski definition) is 5. The Morgan fingerprint density at radius 1 is 1.65 bits per heavy atom. The minimum atomic E-state index is -0.0664. The van der Waals surface area contributed by atoms with Crippen molar-refractivity contribution >= 4 is 23.3 Å². The zero-order valence-electron chi connectivity index (χ0n) is 11.8. The quantitative estimate of drug-likeness (QED) is 0.647. The van der Waals surface area contributed by atoms with Gasteiger partial charge in [0.25, 0.3) is 5.91 Å². The highest BCUT2D eigenvalue weighted by atomic mass is 35.5. The molecule has 110 valence electrons. The summed E-state index contributed by atoms with van der Waals surface area (Å²) in [5.41, 5.74) is 2.86. The predicted molar refractivity (Wildman–Crippen MR) is 79.7 cm³/mol. The Bertz CT molecular complexity index is 496. The summed E-state index contributed by atoms with van der Waals surface area (Å²) < 4.78 is 0. The van der Waals surface area contributed by atoms with E-state index in [1.54, 1.807) is 11.0 Å². The molecule has 1 atom stereocenters. The summed E-state index contributed by atoms with van der Waals surface area (Å²) in [6, 6.07) is 1.82. The van der Waals surface area contributed by atoms with Gasteiger partial charge in [-0.25, -0.2) is 10.8 Å². The molecule has 1 aromatic heterocycles. The first-order valence-corrected chi connectivity index (χ1v) is 6.98. The van der Waals surface area contributed by atoms with E-state index in [0.717, 1.165) is 25.9 Å². The molecule has 1 aromatic rings. The Kier molecular flexibility index (Phi) is 4.80. The summed E-state index contributed by atoms with van der Waals surface area (Å²) in [4.78, 5) is 20.5. The van der Waals surface area contributed by atoms with Crippen LogP contribution in [0.2, 0.25) is 5.02 Å². The molecule has 1 unspecified atom stereocenters. The van der Waals surface area contributed by atoms with Crippen molar-refractivity contribution in [2.24, 2.45) is 5.84 Å². The lowest BCUT2D eigenvalue weighted by molar-refractivity contribution is 0.0643. The fourth-order valence-electron chi connectivity index (χ4n) is 2.49. The van der Waals surface area contributed by atoms with E-state index in [2.05, 4.69) is 22.4 Å². The second-order valence-corrected chi connectivity index (χ2v) is 5.58. The number of nitrogens with one attached hydrogen (secondary N) is 1. The molecule has 2 heterocycles. The summed E-state index contributed by atoms with van der Waals surface area (Å²) in [7, 11) is 3.90. The van der Waals surface area contributed by atoms with Crippen molar-refractivity contribution in [3.8, 4) is 0 Å². The molecule has 1 amide bonds. The average Bonchev–Trinajstić information content (AvgIpc) is 2.45. The maximum atomic E-state index is 12.5. The fourth-order valence-corrected chi connectivity index (χ4v) is 2.71. The van der Waals surface area contributed by atoms with Crippen molar-refractivity contribution in [2.75, 3.05) is 32.6 Å². The number of aromatic nitrogens is 1. The number of nitrogen functional groups attached to an aromatic ring is 1. The minimum Gasteiger partial charge on any atom is -0.337 e. The number of hydrogen-bond donors (Lipinski definition) is 2. The number of rotatable bonds is 3. The molecule has 0 aromatic carbocycles. The van der Waals surface area contributed by atoms with E-state index in [-0.39, 0.29) is 11.9 Å². The van der Waals surface area contributed by atoms with Crippen molar-refractivity contribution in [1.82, 2.24) is 14.8 Å². The third kappa shape index (κ3) is 3.20. The lowest BCUT2D eigenvalue weighted by Crippen LogP contribution is -2.47. The molecule has 0 radical (unpaired) electrons. The predicted octanol–water partition coefficient (Wildman–Crippen LogP) is 1.19. The van der Waals surface area contributed by atoms with Crippen molar-refractivity contribution in [3.63, 3.8) is 0 Å². The average molecular weight is 298 g/mol. The van der Waals surface area contributed by atoms with Gasteiger partial charge >= 0.3 is 0 Å². The van der Waals surface area contributed by atoms with Gasteiger partial charge < -0.3 is 15.2 Å². The molecule has 0 saturated carbocycles. The third-order valence-electron chi connectivity index (χ3n) is 3.69. The standard InChI is InChI=1S/C13H20ClN5O/c1-18-5-3-4-10(8-18)19(2)13(20)9-6-11(14)12(17-15)16-7-9/h6-7,10H,3-5,8,15H2,1-2H3,(H,16,17). The van der Waals surface area contributed by atoms with Gasteiger partial charge in [0.15, 0.2) is 5.82 Å². The lowest BCUT2D eigenvalue weighted by Gasteiger charge is -2.35. The van der Waals surface area contributed by atoms with Gasteiger partial charge in [0.05, 0.1) is 10.6 Å². The Balaban J connectivity index is 2.11. The maximum Gasteiger partial charge on any atom is 0.255 e. The van der Waals surface area contributed by atoms with E-state index in [9.17, 15) is 4.79 Å². The molecule has 1 aliphatic rings. The summed E-state index contributed by atoms with van der Waals surface area (Å²) in [6.07, 6.45) is 3.62. The first-order chi connectivity index (χ1) is 9.52. The minimum absolute atomic E-state index is 0.0664. The van der Waals surface area contributed by atoms with Gasteiger partial charge in [-0.15, -0.1) is 0 Å². The number of halogens is 1. The number of anilines is 1. The zero-order chi connectivity index (χ0) is 14.7. The largest absolute Gasteiger partial charge is 0.337 e. The fraction of sp³-hybridized carbons (Fsp3) is 0.538. The van der Waals surface area contributed by atoms with Crippen LogP contribution in [0.5, 0.6) is 0 Å². The van der Waals surface area contributed by atoms with Crippen molar-refractivity contribution in [3.05, 3.63) is 22.8 Å². The summed E-state index contributed by atoms with van der Waals surface area (Å²) >= 11 is 6.00. The number of likely N-dealkylation sites (N-methyl/N-ethyl adjacent to an activating group) is 2. The zero-order valence-corrected chi connectivity index (χ0v) is 12.5. The van der Waals surface area contributed by atoms with Crippen LogP contribution < -0.4 is 11.3 Å². The molecule has 0 spiro atoms. The molecule has 2 rings (SSSR count). The SMILES string of the molecule is CN1CCCC(N(C)C(=O)c2cnc(NN)c(Cl)c2)C1. The number of piperidine rings is 1. The van der Waals surface area contributed by atoms with Crippen molar-refractivity contribution in [2.45, 2.75) is 18.9 Å². The van der Waals surface area contributed by atoms with Crippen LogP contribution in [0.1, 0.15) is 23.2 Å². The highest BCUT2D eigenvalue weighted by Crippen LogP contribution is 2.21. The molecule has 6 nitrogen and oxygen atoms in total. The van der Waals surface area contributed by atoms with Crippen molar-refractivity contribution < 1.29 is 4.79 Å². The first-order valence-electron chi connectivity index (χ1n) is 6.60. The van der Waals surface area contributed by atoms with E-state index in [0.29, 0.717) is 16.4 Å². The molecule has 1 fully saturated rings. The van der Waals surface area contributed by atoms with Crippen LogP contribution in [-0.2, 0) is 0 Å². The van der Waals surface area contributed by atoms with Gasteiger partial charge in [0.2, 0.25) is 0 Å². The molecular weight excluding hydrogens is 278 g/mol. The van der Waals surface area contributed by atoms with Gasteiger partial charge in [-0.2, -0.15) is 0 Å². The molecule has 7 heteroatoms. The van der Waals surface area contributed by atoms with E-state index >= 15 is 0 Å². The number of carbonyl (C=O) groups excluding carboxylic acids is 1. The number of amides is 1. The molecule has 0 aliphatic carbocycles. The Labute approximate surface area is 123 Å². The number of likely N-dealkylation sites (tertiary alicyclic amines) is 1. The Morgan fingerprint density at radius 3 is 3.00 bits per heavy atom. The van der Waals surface area contributed by atoms with Crippen LogP contribution in [0, 0.1) is 0 Å². The second kappa shape index (κ2) is 6.39. The first kappa shape index (κ1) is 15.0. The smallest absolute Gasteiger partial charge is 0.255 e. The molecule has 0 bridgehead atoms. The van der Waals surface area contributed by atoms with Gasteiger partial charge in [0.1, 0.15) is 0 Å². The van der Waals surface area contributed by atoms with E-state index in [1.807, 2.05) is 7.05 Å². The molecule has 3 N–H and O–H groups in total. The van der Waals surface area contributed by atoms with Crippen LogP contribution in [0.25, 0.3) is 0 Å². The Morgan fingerprint density at radius 2 is 2.40 bits per heavy atom. The van der Waals surface area contributed by atoms with Gasteiger partial charge in [0, 0.05) is 25.8 Å². The highest BCUT2D eigenvalue weighted by molar-refractivity contribution is 6.33. The van der Waals surface area contributed by atoms with E-state index in [4.69, 9.17) is 17.4 Å². The van der Waals surface area contributed by atoms with Crippen LogP contribution >= 0.6 is 11.6 Å². The van der Waals surface area contributed by atoms with Crippen LogP contribution in [0.4, 0.5) is 5.82 Å². The number of nitrogens with zero attached hydrogens (tertiary/aromatic N) is 3. The highest BCUT2D eigenvalue weighted by Gasteiger charge is 2.25. The van der Waals surface area contributed by atoms with Gasteiger partial charge in [-0.3, -0.25) is 4.79 Å². The number of hydrazine groups is 1. The topological polar surface area (TPSA) is 74.5 Å². The van der Waals surface area contributed by atoms with Gasteiger partial charge in [-0.05, 0) is 32.5 Å². The second-order valence-electron chi connectivity index (χ2n) is 5.17. The third-order valence-corrected chi connectivity index (χ3v) is 3.98. The summed E-state index contributed by atoms with van der Waals surface area (Å²) in [6.45, 7) is 1.98. The summed E-state index contributed by atoms with van der Waals surface area (Å²) in [5, 5.41) is 0.340. The number of carbonyl (C=O) groups is 1. The van der Waals surface area contributed by atoms with E-state index in [1.165, 1.54) is 6.20 Å². The van der Waals surface area contributed by atoms with Crippen LogP contribution in [0.3, 0.4) is 0 Å². The number of nitrogens with two attached hydrogens (primary N) is 1. The van der Waals surface area contributed by atoms with Crippen molar-refractivity contribution in [1.29, 1.82) is 0 Å². The Hall–Kier alpha value is -1.37. The van der Waals surface area contributed by atoms with Crippen LogP contribution in [0.15, 0.2) is 12.3 Å². The molecule has 1 saturated heterocycles. The maximum absolute atomic E-state index is 12.5. The van der Waals surface area contributed by atoms with Crippen LogP contribution in [-0.4, -0.2) is 53.9 Å². The van der Waals surface area contributed by atoms with E-state index < -0.39 is 0 Å². The normalized spacial score (nSPS) is 19.7. The lowest BCUT2D eigenvalue weighted by atomic mass is 10.0. The monoisotopic (exact) mass is 297 g/mol.